The topological polar surface area (TPSA) is 82.3 Å². The Morgan fingerprint density at radius 1 is 1.13 bits per heavy atom. The third-order valence-corrected chi connectivity index (χ3v) is 6.09. The first-order chi connectivity index (χ1) is 15.0. The number of hydrogen-bond donors (Lipinski definition) is 0. The zero-order chi connectivity index (χ0) is 22.0. The predicted molar refractivity (Wildman–Crippen MR) is 122 cm³/mol. The van der Waals surface area contributed by atoms with Gasteiger partial charge in [-0.2, -0.15) is 0 Å². The molecule has 0 aliphatic heterocycles. The van der Waals surface area contributed by atoms with Crippen molar-refractivity contribution in [3.63, 3.8) is 0 Å². The van der Waals surface area contributed by atoms with E-state index in [1.54, 1.807) is 6.07 Å². The maximum Gasteiger partial charge on any atom is 0.326 e. The summed E-state index contributed by atoms with van der Waals surface area (Å²) in [5.74, 6) is -0.326. The summed E-state index contributed by atoms with van der Waals surface area (Å²) in [6, 6.07) is 12.8. The number of esters is 1. The Balaban J connectivity index is 1.88. The lowest BCUT2D eigenvalue weighted by Crippen LogP contribution is -2.12. The molecule has 0 aliphatic rings. The molecule has 0 amide bonds. The summed E-state index contributed by atoms with van der Waals surface area (Å²) in [7, 11) is 0. The number of benzene rings is 2. The van der Waals surface area contributed by atoms with Gasteiger partial charge in [0.25, 0.3) is 0 Å². The largest absolute Gasteiger partial charge is 0.459 e. The fourth-order valence-corrected chi connectivity index (χ4v) is 4.32. The SMILES string of the molecule is CCc1cc2c(=O)c(-c3nnc(-c4ccccc4)s3)c(CCl)oc2cc1OC(=O)CCl. The highest BCUT2D eigenvalue weighted by atomic mass is 35.5. The van der Waals surface area contributed by atoms with E-state index in [1.807, 2.05) is 37.3 Å². The Morgan fingerprint density at radius 3 is 2.55 bits per heavy atom. The number of rotatable bonds is 6. The van der Waals surface area contributed by atoms with Crippen LogP contribution in [0.4, 0.5) is 0 Å². The normalized spacial score (nSPS) is 11.1. The fraction of sp³-hybridized carbons (Fsp3) is 0.182. The first kappa shape index (κ1) is 21.5. The van der Waals surface area contributed by atoms with E-state index in [9.17, 15) is 9.59 Å². The lowest BCUT2D eigenvalue weighted by atomic mass is 10.1. The van der Waals surface area contributed by atoms with E-state index in [2.05, 4.69) is 10.2 Å². The van der Waals surface area contributed by atoms with Gasteiger partial charge in [0.05, 0.1) is 11.3 Å². The van der Waals surface area contributed by atoms with E-state index in [-0.39, 0.29) is 34.1 Å². The number of fused-ring (bicyclic) bond motifs is 1. The van der Waals surface area contributed by atoms with E-state index in [1.165, 1.54) is 17.4 Å². The van der Waals surface area contributed by atoms with Gasteiger partial charge < -0.3 is 9.15 Å². The van der Waals surface area contributed by atoms with Crippen LogP contribution in [-0.4, -0.2) is 22.0 Å². The van der Waals surface area contributed by atoms with Gasteiger partial charge in [-0.25, -0.2) is 0 Å². The molecule has 0 aliphatic carbocycles. The van der Waals surface area contributed by atoms with Crippen molar-refractivity contribution in [2.75, 3.05) is 5.88 Å². The molecule has 0 atom stereocenters. The Morgan fingerprint density at radius 2 is 1.87 bits per heavy atom. The molecule has 0 saturated carbocycles. The summed E-state index contributed by atoms with van der Waals surface area (Å²) >= 11 is 12.9. The summed E-state index contributed by atoms with van der Waals surface area (Å²) < 4.78 is 11.2. The smallest absolute Gasteiger partial charge is 0.326 e. The van der Waals surface area contributed by atoms with Gasteiger partial charge in [0.1, 0.15) is 33.5 Å². The van der Waals surface area contributed by atoms with Crippen LogP contribution in [0.2, 0.25) is 0 Å². The molecule has 6 nitrogen and oxygen atoms in total. The number of ether oxygens (including phenoxy) is 1. The molecule has 0 saturated heterocycles. The van der Waals surface area contributed by atoms with Gasteiger partial charge in [-0.05, 0) is 18.1 Å². The number of nitrogens with zero attached hydrogens (tertiary/aromatic N) is 2. The maximum atomic E-state index is 13.4. The minimum absolute atomic E-state index is 0.0346. The van der Waals surface area contributed by atoms with Gasteiger partial charge in [-0.15, -0.1) is 33.4 Å². The molecular weight excluding hydrogens is 459 g/mol. The van der Waals surface area contributed by atoms with Crippen LogP contribution in [0.1, 0.15) is 18.2 Å². The van der Waals surface area contributed by atoms with Crippen molar-refractivity contribution in [1.29, 1.82) is 0 Å². The number of carbonyl (C=O) groups is 1. The lowest BCUT2D eigenvalue weighted by Gasteiger charge is -2.11. The molecule has 0 bridgehead atoms. The monoisotopic (exact) mass is 474 g/mol. The maximum absolute atomic E-state index is 13.4. The van der Waals surface area contributed by atoms with E-state index >= 15 is 0 Å². The third kappa shape index (κ3) is 4.21. The standard InChI is InChI=1S/C22H16Cl2N2O4S/c1-2-12-8-14-16(9-15(12)30-18(27)11-24)29-17(10-23)19(20(14)28)22-26-25-21(31-22)13-6-4-3-5-7-13/h3-9H,2,10-11H2,1H3. The molecule has 31 heavy (non-hydrogen) atoms. The Kier molecular flexibility index (Phi) is 6.36. The summed E-state index contributed by atoms with van der Waals surface area (Å²) in [5.41, 5.74) is 1.88. The zero-order valence-corrected chi connectivity index (χ0v) is 18.7. The van der Waals surface area contributed by atoms with E-state index in [0.29, 0.717) is 33.1 Å². The van der Waals surface area contributed by atoms with Crippen molar-refractivity contribution < 1.29 is 13.9 Å². The molecule has 0 N–H and O–H groups in total. The highest BCUT2D eigenvalue weighted by Crippen LogP contribution is 2.34. The molecule has 4 rings (SSSR count). The number of alkyl halides is 2. The van der Waals surface area contributed by atoms with Crippen molar-refractivity contribution >= 4 is 51.5 Å². The van der Waals surface area contributed by atoms with Crippen LogP contribution >= 0.6 is 34.5 Å². The number of carbonyl (C=O) groups excluding carboxylic acids is 1. The fourth-order valence-electron chi connectivity index (χ4n) is 3.17. The average Bonchev–Trinajstić information content (AvgIpc) is 3.28. The van der Waals surface area contributed by atoms with E-state index in [0.717, 1.165) is 5.56 Å². The molecule has 0 fully saturated rings. The van der Waals surface area contributed by atoms with Gasteiger partial charge in [0, 0.05) is 11.6 Å². The van der Waals surface area contributed by atoms with Crippen LogP contribution in [0.3, 0.4) is 0 Å². The number of halogens is 2. The summed E-state index contributed by atoms with van der Waals surface area (Å²) in [6.45, 7) is 1.89. The Bertz CT molecular complexity index is 1320. The first-order valence-electron chi connectivity index (χ1n) is 9.40. The van der Waals surface area contributed by atoms with Crippen molar-refractivity contribution in [2.24, 2.45) is 0 Å². The van der Waals surface area contributed by atoms with Gasteiger partial charge >= 0.3 is 5.97 Å². The Hall–Kier alpha value is -2.74. The van der Waals surface area contributed by atoms with Crippen molar-refractivity contribution in [3.8, 4) is 26.9 Å². The van der Waals surface area contributed by atoms with Crippen LogP contribution in [-0.2, 0) is 17.1 Å². The minimum Gasteiger partial charge on any atom is -0.459 e. The molecule has 9 heteroatoms. The summed E-state index contributed by atoms with van der Waals surface area (Å²) in [4.78, 5) is 25.1. The van der Waals surface area contributed by atoms with E-state index in [4.69, 9.17) is 32.4 Å². The number of aromatic nitrogens is 2. The molecule has 4 aromatic rings. The lowest BCUT2D eigenvalue weighted by molar-refractivity contribution is -0.131. The average molecular weight is 475 g/mol. The quantitative estimate of drug-likeness (QED) is 0.210. The predicted octanol–water partition coefficient (Wildman–Crippen LogP) is 5.42. The van der Waals surface area contributed by atoms with Crippen LogP contribution < -0.4 is 10.2 Å². The number of hydrogen-bond acceptors (Lipinski definition) is 7. The zero-order valence-electron chi connectivity index (χ0n) is 16.4. The van der Waals surface area contributed by atoms with Crippen LogP contribution in [0, 0.1) is 0 Å². The summed E-state index contributed by atoms with van der Waals surface area (Å²) in [5, 5.41) is 9.91. The molecule has 2 aromatic carbocycles. The van der Waals surface area contributed by atoms with Crippen LogP contribution in [0.25, 0.3) is 32.1 Å². The minimum atomic E-state index is -0.588. The molecule has 0 unspecified atom stereocenters. The van der Waals surface area contributed by atoms with Crippen LogP contribution in [0.15, 0.2) is 51.7 Å². The first-order valence-corrected chi connectivity index (χ1v) is 11.3. The van der Waals surface area contributed by atoms with Gasteiger partial charge in [0.2, 0.25) is 5.43 Å². The molecular formula is C22H16Cl2N2O4S. The molecule has 0 radical (unpaired) electrons. The highest BCUT2D eigenvalue weighted by molar-refractivity contribution is 7.17. The van der Waals surface area contributed by atoms with Gasteiger partial charge in [-0.1, -0.05) is 48.6 Å². The third-order valence-electron chi connectivity index (χ3n) is 4.64. The molecule has 2 aromatic heterocycles. The van der Waals surface area contributed by atoms with Gasteiger partial charge in [-0.3, -0.25) is 9.59 Å². The van der Waals surface area contributed by atoms with Crippen LogP contribution in [0.5, 0.6) is 5.75 Å². The van der Waals surface area contributed by atoms with Crippen molar-refractivity contribution in [1.82, 2.24) is 10.2 Å². The summed E-state index contributed by atoms with van der Waals surface area (Å²) in [6.07, 6.45) is 0.545. The van der Waals surface area contributed by atoms with Crippen molar-refractivity contribution in [3.05, 3.63) is 64.0 Å². The molecule has 2 heterocycles. The van der Waals surface area contributed by atoms with E-state index < -0.39 is 5.97 Å². The highest BCUT2D eigenvalue weighted by Gasteiger charge is 2.22. The second-order valence-corrected chi connectivity index (χ2v) is 8.07. The second-order valence-electron chi connectivity index (χ2n) is 6.56. The number of aryl methyl sites for hydroxylation is 1. The van der Waals surface area contributed by atoms with Gasteiger partial charge in [0.15, 0.2) is 5.01 Å². The van der Waals surface area contributed by atoms with Crippen molar-refractivity contribution in [2.45, 2.75) is 19.2 Å². The molecule has 158 valence electrons. The second kappa shape index (κ2) is 9.18. The molecule has 0 spiro atoms. The Labute approximate surface area is 191 Å².